The summed E-state index contributed by atoms with van der Waals surface area (Å²) in [6.45, 7) is 3.66. The molecule has 0 aliphatic rings. The van der Waals surface area contributed by atoms with Gasteiger partial charge in [-0.2, -0.15) is 0 Å². The summed E-state index contributed by atoms with van der Waals surface area (Å²) < 4.78 is 0. The number of carboxylic acids is 1. The van der Waals surface area contributed by atoms with E-state index in [2.05, 4.69) is 5.32 Å². The smallest absolute Gasteiger partial charge is 0.328 e. The fourth-order valence-electron chi connectivity index (χ4n) is 1.52. The van der Waals surface area contributed by atoms with Crippen LogP contribution in [0.4, 0.5) is 0 Å². The first-order chi connectivity index (χ1) is 8.49. The van der Waals surface area contributed by atoms with Crippen molar-refractivity contribution in [3.63, 3.8) is 0 Å². The Kier molecular flexibility index (Phi) is 5.11. The van der Waals surface area contributed by atoms with Crippen LogP contribution in [-0.4, -0.2) is 23.0 Å². The highest BCUT2D eigenvalue weighted by atomic mass is 16.4. The number of rotatable bonds is 5. The number of carboxylic acid groups (broad SMARTS) is 1. The summed E-state index contributed by atoms with van der Waals surface area (Å²) in [5.74, 6) is -1.45. The second-order valence-corrected chi connectivity index (χ2v) is 4.30. The van der Waals surface area contributed by atoms with Gasteiger partial charge in [-0.25, -0.2) is 4.79 Å². The predicted octanol–water partition coefficient (Wildman–Crippen LogP) is 1.76. The van der Waals surface area contributed by atoms with Gasteiger partial charge < -0.3 is 10.4 Å². The third-order valence-electron chi connectivity index (χ3n) is 2.25. The lowest BCUT2D eigenvalue weighted by atomic mass is 10.0. The molecule has 4 nitrogen and oxygen atoms in total. The first kappa shape index (κ1) is 14.0. The molecule has 18 heavy (non-hydrogen) atoms. The molecule has 0 radical (unpaired) electrons. The van der Waals surface area contributed by atoms with Gasteiger partial charge in [-0.15, -0.1) is 0 Å². The summed E-state index contributed by atoms with van der Waals surface area (Å²) in [6, 6.07) is 9.28. The normalized spacial score (nSPS) is 11.4. The van der Waals surface area contributed by atoms with E-state index in [-0.39, 0.29) is 17.5 Å². The third-order valence-corrected chi connectivity index (χ3v) is 2.25. The molecule has 0 heterocycles. The van der Waals surface area contributed by atoms with Crippen LogP contribution >= 0.6 is 0 Å². The number of hydrogen-bond acceptors (Lipinski definition) is 2. The van der Waals surface area contributed by atoms with Crippen molar-refractivity contribution in [2.24, 2.45) is 0 Å². The highest BCUT2D eigenvalue weighted by Crippen LogP contribution is 2.08. The molecule has 0 aromatic heterocycles. The van der Waals surface area contributed by atoms with Crippen LogP contribution < -0.4 is 5.32 Å². The molecule has 4 heteroatoms. The first-order valence-corrected chi connectivity index (χ1v) is 5.77. The standard InChI is InChI=1S/C14H17NO3/c1-10(2)15-14(18)12(9-13(16)17)8-11-6-4-3-5-7-11/h3-7,9-10H,8H2,1-2H3,(H,15,18)(H,16,17)/b12-9+. The first-order valence-electron chi connectivity index (χ1n) is 5.77. The Hall–Kier alpha value is -2.10. The Morgan fingerprint density at radius 2 is 1.89 bits per heavy atom. The van der Waals surface area contributed by atoms with Gasteiger partial charge in [-0.05, 0) is 19.4 Å². The molecule has 1 aromatic rings. The van der Waals surface area contributed by atoms with Crippen molar-refractivity contribution in [2.75, 3.05) is 0 Å². The molecule has 1 amide bonds. The van der Waals surface area contributed by atoms with Crippen LogP contribution in [0.2, 0.25) is 0 Å². The Morgan fingerprint density at radius 3 is 2.39 bits per heavy atom. The minimum absolute atomic E-state index is 0.0227. The zero-order valence-electron chi connectivity index (χ0n) is 10.5. The molecule has 1 aromatic carbocycles. The molecule has 0 bridgehead atoms. The SMILES string of the molecule is CC(C)NC(=O)/C(=C/C(=O)O)Cc1ccccc1. The Labute approximate surface area is 106 Å². The van der Waals surface area contributed by atoms with E-state index in [1.165, 1.54) is 0 Å². The van der Waals surface area contributed by atoms with Gasteiger partial charge in [0, 0.05) is 24.1 Å². The fraction of sp³-hybridized carbons (Fsp3) is 0.286. The predicted molar refractivity (Wildman–Crippen MR) is 69.1 cm³/mol. The van der Waals surface area contributed by atoms with Crippen LogP contribution in [0, 0.1) is 0 Å². The summed E-state index contributed by atoms with van der Waals surface area (Å²) in [4.78, 5) is 22.6. The van der Waals surface area contributed by atoms with Crippen molar-refractivity contribution in [1.29, 1.82) is 0 Å². The van der Waals surface area contributed by atoms with Gasteiger partial charge in [-0.3, -0.25) is 4.79 Å². The maximum Gasteiger partial charge on any atom is 0.328 e. The second kappa shape index (κ2) is 6.59. The molecule has 0 fully saturated rings. The zero-order chi connectivity index (χ0) is 13.5. The van der Waals surface area contributed by atoms with Crippen LogP contribution in [-0.2, 0) is 16.0 Å². The van der Waals surface area contributed by atoms with Crippen molar-refractivity contribution in [1.82, 2.24) is 5.32 Å². The monoisotopic (exact) mass is 247 g/mol. The van der Waals surface area contributed by atoms with Crippen LogP contribution in [0.3, 0.4) is 0 Å². The van der Waals surface area contributed by atoms with Crippen LogP contribution in [0.5, 0.6) is 0 Å². The number of hydrogen-bond donors (Lipinski definition) is 2. The Balaban J connectivity index is 2.86. The van der Waals surface area contributed by atoms with E-state index >= 15 is 0 Å². The maximum atomic E-state index is 11.9. The zero-order valence-corrected chi connectivity index (χ0v) is 10.5. The van der Waals surface area contributed by atoms with Crippen molar-refractivity contribution in [3.8, 4) is 0 Å². The molecule has 1 rings (SSSR count). The Morgan fingerprint density at radius 1 is 1.28 bits per heavy atom. The lowest BCUT2D eigenvalue weighted by Crippen LogP contribution is -2.32. The van der Waals surface area contributed by atoms with Gasteiger partial charge in [-0.1, -0.05) is 30.3 Å². The minimum atomic E-state index is -1.11. The molecule has 0 saturated heterocycles. The lowest BCUT2D eigenvalue weighted by Gasteiger charge is -2.11. The summed E-state index contributed by atoms with van der Waals surface area (Å²) in [5.41, 5.74) is 1.16. The van der Waals surface area contributed by atoms with Gasteiger partial charge >= 0.3 is 5.97 Å². The van der Waals surface area contributed by atoms with E-state index in [1.54, 1.807) is 0 Å². The highest BCUT2D eigenvalue weighted by molar-refractivity contribution is 5.99. The quantitative estimate of drug-likeness (QED) is 0.779. The molecule has 0 aliphatic carbocycles. The molecule has 0 aliphatic heterocycles. The maximum absolute atomic E-state index is 11.9. The van der Waals surface area contributed by atoms with E-state index in [9.17, 15) is 9.59 Å². The van der Waals surface area contributed by atoms with E-state index in [1.807, 2.05) is 44.2 Å². The molecule has 0 spiro atoms. The van der Waals surface area contributed by atoms with E-state index in [4.69, 9.17) is 5.11 Å². The summed E-state index contributed by atoms with van der Waals surface area (Å²) in [6.07, 6.45) is 1.27. The van der Waals surface area contributed by atoms with Crippen molar-refractivity contribution < 1.29 is 14.7 Å². The number of amides is 1. The van der Waals surface area contributed by atoms with Crippen LogP contribution in [0.25, 0.3) is 0 Å². The van der Waals surface area contributed by atoms with Crippen LogP contribution in [0.1, 0.15) is 19.4 Å². The number of benzene rings is 1. The second-order valence-electron chi connectivity index (χ2n) is 4.30. The van der Waals surface area contributed by atoms with Gasteiger partial charge in [0.25, 0.3) is 0 Å². The molecule has 0 unspecified atom stereocenters. The van der Waals surface area contributed by atoms with E-state index in [0.29, 0.717) is 6.42 Å². The number of nitrogens with one attached hydrogen (secondary N) is 1. The average molecular weight is 247 g/mol. The summed E-state index contributed by atoms with van der Waals surface area (Å²) >= 11 is 0. The van der Waals surface area contributed by atoms with Gasteiger partial charge in [0.05, 0.1) is 0 Å². The molecular weight excluding hydrogens is 230 g/mol. The number of aliphatic carboxylic acids is 1. The van der Waals surface area contributed by atoms with E-state index < -0.39 is 5.97 Å². The van der Waals surface area contributed by atoms with Crippen molar-refractivity contribution >= 4 is 11.9 Å². The molecule has 0 atom stereocenters. The summed E-state index contributed by atoms with van der Waals surface area (Å²) in [7, 11) is 0. The van der Waals surface area contributed by atoms with Crippen molar-refractivity contribution in [3.05, 3.63) is 47.5 Å². The number of carbonyl (C=O) groups excluding carboxylic acids is 1. The summed E-state index contributed by atoms with van der Waals surface area (Å²) in [5, 5.41) is 11.5. The van der Waals surface area contributed by atoms with Crippen molar-refractivity contribution in [2.45, 2.75) is 26.3 Å². The average Bonchev–Trinajstić information content (AvgIpc) is 2.28. The lowest BCUT2D eigenvalue weighted by molar-refractivity contribution is -0.132. The highest BCUT2D eigenvalue weighted by Gasteiger charge is 2.12. The van der Waals surface area contributed by atoms with Gasteiger partial charge in [0.2, 0.25) is 5.91 Å². The Bertz CT molecular complexity index is 449. The molecule has 2 N–H and O–H groups in total. The third kappa shape index (κ3) is 4.82. The van der Waals surface area contributed by atoms with Gasteiger partial charge in [0.15, 0.2) is 0 Å². The van der Waals surface area contributed by atoms with Gasteiger partial charge in [0.1, 0.15) is 0 Å². The molecular formula is C14H17NO3. The molecule has 96 valence electrons. The van der Waals surface area contributed by atoms with Crippen LogP contribution in [0.15, 0.2) is 42.0 Å². The largest absolute Gasteiger partial charge is 0.478 e. The fourth-order valence-corrected chi connectivity index (χ4v) is 1.52. The molecule has 0 saturated carbocycles. The van der Waals surface area contributed by atoms with E-state index in [0.717, 1.165) is 11.6 Å². The minimum Gasteiger partial charge on any atom is -0.478 e. The topological polar surface area (TPSA) is 66.4 Å². The number of carbonyl (C=O) groups is 2.